The first kappa shape index (κ1) is 10.8. The van der Waals surface area contributed by atoms with Crippen molar-refractivity contribution < 1.29 is 13.2 Å². The van der Waals surface area contributed by atoms with E-state index in [1.165, 1.54) is 0 Å². The van der Waals surface area contributed by atoms with Crippen LogP contribution in [-0.4, -0.2) is 16.7 Å². The zero-order valence-corrected chi connectivity index (χ0v) is 7.36. The van der Waals surface area contributed by atoms with Crippen LogP contribution in [0.2, 0.25) is 0 Å². The highest BCUT2D eigenvalue weighted by Gasteiger charge is 2.35. The first-order chi connectivity index (χ1) is 6.46. The lowest BCUT2D eigenvalue weighted by molar-refractivity contribution is -0.141. The van der Waals surface area contributed by atoms with Gasteiger partial charge >= 0.3 is 6.18 Å². The van der Waals surface area contributed by atoms with Crippen LogP contribution >= 0.6 is 0 Å². The van der Waals surface area contributed by atoms with Crippen molar-refractivity contribution in [1.29, 1.82) is 0 Å². The van der Waals surface area contributed by atoms with Crippen LogP contribution in [0.1, 0.15) is 17.7 Å². The summed E-state index contributed by atoms with van der Waals surface area (Å²) >= 11 is 0. The highest BCUT2D eigenvalue weighted by Crippen LogP contribution is 2.33. The highest BCUT2D eigenvalue weighted by molar-refractivity contribution is 5.65. The number of nitrogens with two attached hydrogens (primary N) is 1. The van der Waals surface area contributed by atoms with Gasteiger partial charge in [-0.1, -0.05) is 6.58 Å². The van der Waals surface area contributed by atoms with Crippen molar-refractivity contribution >= 4 is 5.57 Å². The molecule has 1 aromatic heterocycles. The van der Waals surface area contributed by atoms with Crippen molar-refractivity contribution in [2.24, 2.45) is 5.73 Å². The zero-order chi connectivity index (χ0) is 10.8. The SMILES string of the molecule is C=C(CCN)c1cn[nH]c1C(F)(F)F. The van der Waals surface area contributed by atoms with Gasteiger partial charge in [-0.3, -0.25) is 5.10 Å². The fraction of sp³-hybridized carbons (Fsp3) is 0.375. The number of alkyl halides is 3. The lowest BCUT2D eigenvalue weighted by Crippen LogP contribution is -2.09. The molecule has 0 aromatic carbocycles. The number of aromatic amines is 1. The lowest BCUT2D eigenvalue weighted by Gasteiger charge is -2.07. The third kappa shape index (κ3) is 2.14. The predicted octanol–water partition coefficient (Wildman–Crippen LogP) is 1.79. The van der Waals surface area contributed by atoms with E-state index in [0.29, 0.717) is 12.0 Å². The number of hydrogen-bond acceptors (Lipinski definition) is 2. The van der Waals surface area contributed by atoms with Gasteiger partial charge in [0.2, 0.25) is 0 Å². The Kier molecular flexibility index (Phi) is 2.95. The number of rotatable bonds is 3. The monoisotopic (exact) mass is 205 g/mol. The summed E-state index contributed by atoms with van der Waals surface area (Å²) in [6, 6.07) is 0. The topological polar surface area (TPSA) is 54.7 Å². The van der Waals surface area contributed by atoms with Crippen molar-refractivity contribution in [3.8, 4) is 0 Å². The number of hydrogen-bond donors (Lipinski definition) is 2. The molecule has 78 valence electrons. The number of aromatic nitrogens is 2. The molecular weight excluding hydrogens is 195 g/mol. The fourth-order valence-electron chi connectivity index (χ4n) is 1.08. The largest absolute Gasteiger partial charge is 0.433 e. The Labute approximate surface area is 78.8 Å². The Balaban J connectivity index is 2.99. The van der Waals surface area contributed by atoms with Crippen molar-refractivity contribution in [1.82, 2.24) is 10.2 Å². The van der Waals surface area contributed by atoms with E-state index in [2.05, 4.69) is 11.7 Å². The normalized spacial score (nSPS) is 11.7. The van der Waals surface area contributed by atoms with Crippen LogP contribution in [0.4, 0.5) is 13.2 Å². The van der Waals surface area contributed by atoms with E-state index >= 15 is 0 Å². The second-order valence-electron chi connectivity index (χ2n) is 2.80. The van der Waals surface area contributed by atoms with Crippen LogP contribution in [0.5, 0.6) is 0 Å². The maximum absolute atomic E-state index is 12.3. The first-order valence-corrected chi connectivity index (χ1v) is 3.95. The Morgan fingerprint density at radius 1 is 1.57 bits per heavy atom. The second-order valence-corrected chi connectivity index (χ2v) is 2.80. The van der Waals surface area contributed by atoms with Crippen LogP contribution in [0.25, 0.3) is 5.57 Å². The molecule has 0 radical (unpaired) electrons. The Bertz CT molecular complexity index is 327. The van der Waals surface area contributed by atoms with Crippen molar-refractivity contribution in [2.45, 2.75) is 12.6 Å². The van der Waals surface area contributed by atoms with Gasteiger partial charge in [-0.05, 0) is 18.5 Å². The molecule has 0 saturated carbocycles. The van der Waals surface area contributed by atoms with Gasteiger partial charge in [-0.15, -0.1) is 0 Å². The van der Waals surface area contributed by atoms with Crippen molar-refractivity contribution in [3.63, 3.8) is 0 Å². The average molecular weight is 205 g/mol. The second kappa shape index (κ2) is 3.83. The van der Waals surface area contributed by atoms with Crippen molar-refractivity contribution in [3.05, 3.63) is 24.0 Å². The van der Waals surface area contributed by atoms with Crippen molar-refractivity contribution in [2.75, 3.05) is 6.54 Å². The van der Waals surface area contributed by atoms with Gasteiger partial charge in [-0.25, -0.2) is 0 Å². The van der Waals surface area contributed by atoms with Gasteiger partial charge < -0.3 is 5.73 Å². The number of H-pyrrole nitrogens is 1. The molecule has 6 heteroatoms. The van der Waals surface area contributed by atoms with Crippen LogP contribution in [0.3, 0.4) is 0 Å². The molecule has 0 spiro atoms. The average Bonchev–Trinajstić information content (AvgIpc) is 2.50. The summed E-state index contributed by atoms with van der Waals surface area (Å²) in [5, 5.41) is 5.25. The molecule has 3 N–H and O–H groups in total. The summed E-state index contributed by atoms with van der Waals surface area (Å²) in [5.41, 5.74) is 4.69. The molecule has 0 saturated heterocycles. The quantitative estimate of drug-likeness (QED) is 0.790. The van der Waals surface area contributed by atoms with Crippen LogP contribution in [0.15, 0.2) is 12.8 Å². The molecule has 1 rings (SSSR count). The van der Waals surface area contributed by atoms with Crippen LogP contribution in [-0.2, 0) is 6.18 Å². The predicted molar refractivity (Wildman–Crippen MR) is 46.3 cm³/mol. The maximum Gasteiger partial charge on any atom is 0.433 e. The molecule has 0 bridgehead atoms. The minimum absolute atomic E-state index is 0.0112. The van der Waals surface area contributed by atoms with Crippen LogP contribution in [0, 0.1) is 0 Å². The number of nitrogens with zero attached hydrogens (tertiary/aromatic N) is 1. The van der Waals surface area contributed by atoms with E-state index in [9.17, 15) is 13.2 Å². The fourth-order valence-corrected chi connectivity index (χ4v) is 1.08. The minimum atomic E-state index is -4.43. The molecule has 0 aliphatic rings. The van der Waals surface area contributed by atoms with E-state index < -0.39 is 11.9 Å². The number of nitrogens with one attached hydrogen (secondary N) is 1. The van der Waals surface area contributed by atoms with E-state index in [1.807, 2.05) is 5.10 Å². The highest BCUT2D eigenvalue weighted by atomic mass is 19.4. The van der Waals surface area contributed by atoms with Crippen LogP contribution < -0.4 is 5.73 Å². The summed E-state index contributed by atoms with van der Waals surface area (Å²) in [6.45, 7) is 3.79. The summed E-state index contributed by atoms with van der Waals surface area (Å²) in [6.07, 6.45) is -2.99. The summed E-state index contributed by atoms with van der Waals surface area (Å²) < 4.78 is 37.0. The molecule has 3 nitrogen and oxygen atoms in total. The summed E-state index contributed by atoms with van der Waals surface area (Å²) in [5.74, 6) is 0. The third-order valence-electron chi connectivity index (χ3n) is 1.75. The Morgan fingerprint density at radius 3 is 2.71 bits per heavy atom. The Morgan fingerprint density at radius 2 is 2.21 bits per heavy atom. The zero-order valence-electron chi connectivity index (χ0n) is 7.36. The maximum atomic E-state index is 12.3. The van der Waals surface area contributed by atoms with Gasteiger partial charge in [0.15, 0.2) is 0 Å². The van der Waals surface area contributed by atoms with Gasteiger partial charge in [-0.2, -0.15) is 18.3 Å². The minimum Gasteiger partial charge on any atom is -0.330 e. The first-order valence-electron chi connectivity index (χ1n) is 3.95. The smallest absolute Gasteiger partial charge is 0.330 e. The molecule has 0 atom stereocenters. The van der Waals surface area contributed by atoms with Gasteiger partial charge in [0.05, 0.1) is 6.20 Å². The summed E-state index contributed by atoms with van der Waals surface area (Å²) in [4.78, 5) is 0. The summed E-state index contributed by atoms with van der Waals surface area (Å²) in [7, 11) is 0. The standard InChI is InChI=1S/C8H10F3N3/c1-5(2-3-12)6-4-13-14-7(6)8(9,10)11/h4H,1-3,12H2,(H,13,14). The van der Waals surface area contributed by atoms with E-state index in [1.54, 1.807) is 0 Å². The lowest BCUT2D eigenvalue weighted by atomic mass is 10.1. The third-order valence-corrected chi connectivity index (χ3v) is 1.75. The van der Waals surface area contributed by atoms with E-state index in [-0.39, 0.29) is 12.1 Å². The number of halogens is 3. The van der Waals surface area contributed by atoms with Gasteiger partial charge in [0, 0.05) is 5.56 Å². The molecule has 1 aromatic rings. The van der Waals surface area contributed by atoms with E-state index in [0.717, 1.165) is 6.20 Å². The molecule has 0 aliphatic heterocycles. The Hall–Kier alpha value is -1.30. The molecular formula is C8H10F3N3. The molecule has 0 fully saturated rings. The molecule has 1 heterocycles. The van der Waals surface area contributed by atoms with E-state index in [4.69, 9.17) is 5.73 Å². The molecule has 0 amide bonds. The van der Waals surface area contributed by atoms with Gasteiger partial charge in [0.25, 0.3) is 0 Å². The molecule has 0 unspecified atom stereocenters. The molecule has 0 aliphatic carbocycles. The molecule has 14 heavy (non-hydrogen) atoms. The van der Waals surface area contributed by atoms with Gasteiger partial charge in [0.1, 0.15) is 5.69 Å².